The highest BCUT2D eigenvalue weighted by Gasteiger charge is 2.17. The quantitative estimate of drug-likeness (QED) is 0.540. The number of hydrogen-bond donors (Lipinski definition) is 0. The van der Waals surface area contributed by atoms with Crippen molar-refractivity contribution < 1.29 is 0 Å². The van der Waals surface area contributed by atoms with E-state index in [1.807, 2.05) is 12.1 Å². The number of fused-ring (bicyclic) bond motifs is 1. The van der Waals surface area contributed by atoms with E-state index in [1.165, 1.54) is 42.4 Å². The van der Waals surface area contributed by atoms with E-state index >= 15 is 0 Å². The first-order chi connectivity index (χ1) is 9.65. The molecular formula is C17H15BrCl2. The molecule has 0 saturated carbocycles. The fourth-order valence-corrected chi connectivity index (χ4v) is 4.13. The zero-order chi connectivity index (χ0) is 14.1. The lowest BCUT2D eigenvalue weighted by Crippen LogP contribution is -2.04. The van der Waals surface area contributed by atoms with Crippen LogP contribution in [0.2, 0.25) is 10.0 Å². The first kappa shape index (κ1) is 14.4. The summed E-state index contributed by atoms with van der Waals surface area (Å²) in [6.45, 7) is 0. The van der Waals surface area contributed by atoms with Gasteiger partial charge in [-0.1, -0.05) is 63.4 Å². The van der Waals surface area contributed by atoms with E-state index < -0.39 is 0 Å². The molecule has 0 bridgehead atoms. The molecule has 2 aromatic rings. The van der Waals surface area contributed by atoms with E-state index in [4.69, 9.17) is 23.2 Å². The summed E-state index contributed by atoms with van der Waals surface area (Å²) in [7, 11) is 0. The van der Waals surface area contributed by atoms with E-state index in [-0.39, 0.29) is 4.83 Å². The largest absolute Gasteiger partial charge is 0.0843 e. The molecule has 1 unspecified atom stereocenters. The number of rotatable bonds is 2. The Morgan fingerprint density at radius 2 is 1.65 bits per heavy atom. The molecule has 0 saturated heterocycles. The Kier molecular flexibility index (Phi) is 4.40. The fraction of sp³-hybridized carbons (Fsp3) is 0.294. The van der Waals surface area contributed by atoms with Crippen molar-refractivity contribution >= 4 is 39.1 Å². The molecule has 1 atom stereocenters. The van der Waals surface area contributed by atoms with Gasteiger partial charge in [0.15, 0.2) is 0 Å². The maximum absolute atomic E-state index is 6.30. The average molecular weight is 370 g/mol. The van der Waals surface area contributed by atoms with Crippen molar-refractivity contribution in [3.8, 4) is 0 Å². The second-order valence-electron chi connectivity index (χ2n) is 5.26. The summed E-state index contributed by atoms with van der Waals surface area (Å²) >= 11 is 16.0. The molecule has 2 aromatic carbocycles. The third kappa shape index (κ3) is 2.90. The molecule has 0 spiro atoms. The Morgan fingerprint density at radius 3 is 2.40 bits per heavy atom. The zero-order valence-electron chi connectivity index (χ0n) is 11.0. The molecule has 0 heterocycles. The van der Waals surface area contributed by atoms with Crippen LogP contribution in [0, 0.1) is 0 Å². The van der Waals surface area contributed by atoms with Crippen LogP contribution in [-0.4, -0.2) is 0 Å². The van der Waals surface area contributed by atoms with Gasteiger partial charge in [-0.3, -0.25) is 0 Å². The second-order valence-corrected chi connectivity index (χ2v) is 7.02. The first-order valence-electron chi connectivity index (χ1n) is 6.86. The van der Waals surface area contributed by atoms with Gasteiger partial charge in [-0.15, -0.1) is 0 Å². The molecule has 20 heavy (non-hydrogen) atoms. The second kappa shape index (κ2) is 6.09. The molecule has 1 aliphatic rings. The van der Waals surface area contributed by atoms with Gasteiger partial charge in [0.05, 0.1) is 4.83 Å². The van der Waals surface area contributed by atoms with Crippen molar-refractivity contribution in [3.05, 3.63) is 68.7 Å². The van der Waals surface area contributed by atoms with Gasteiger partial charge in [-0.05, 0) is 60.1 Å². The van der Waals surface area contributed by atoms with Gasteiger partial charge in [-0.2, -0.15) is 0 Å². The number of alkyl halides is 1. The Hall–Kier alpha value is -0.500. The van der Waals surface area contributed by atoms with Crippen molar-refractivity contribution in [2.24, 2.45) is 0 Å². The highest BCUT2D eigenvalue weighted by Crippen LogP contribution is 2.37. The SMILES string of the molecule is Clc1ccc(C(Br)c2ccc3c(c2)CCCC3)c(Cl)c1. The summed E-state index contributed by atoms with van der Waals surface area (Å²) in [4.78, 5) is 0.111. The van der Waals surface area contributed by atoms with Gasteiger partial charge in [0.25, 0.3) is 0 Å². The molecule has 3 heteroatoms. The summed E-state index contributed by atoms with van der Waals surface area (Å²) in [5.74, 6) is 0. The Morgan fingerprint density at radius 1 is 0.900 bits per heavy atom. The Bertz CT molecular complexity index is 637. The monoisotopic (exact) mass is 368 g/mol. The summed E-state index contributed by atoms with van der Waals surface area (Å²) in [5.41, 5.74) is 5.31. The number of halogens is 3. The molecule has 0 radical (unpaired) electrons. The smallest absolute Gasteiger partial charge is 0.0659 e. The van der Waals surface area contributed by atoms with Crippen LogP contribution in [-0.2, 0) is 12.8 Å². The lowest BCUT2D eigenvalue weighted by Gasteiger charge is -2.19. The van der Waals surface area contributed by atoms with Crippen LogP contribution in [0.1, 0.15) is 39.9 Å². The predicted molar refractivity (Wildman–Crippen MR) is 90.3 cm³/mol. The Balaban J connectivity index is 1.95. The standard InChI is InChI=1S/C17H15BrCl2/c18-17(15-8-7-14(19)10-16(15)20)13-6-5-11-3-1-2-4-12(11)9-13/h5-10,17H,1-4H2. The van der Waals surface area contributed by atoms with Crippen molar-refractivity contribution in [2.45, 2.75) is 30.5 Å². The molecule has 0 N–H and O–H groups in total. The normalized spacial score (nSPS) is 15.8. The molecule has 0 fully saturated rings. The van der Waals surface area contributed by atoms with E-state index in [0.717, 1.165) is 5.56 Å². The van der Waals surface area contributed by atoms with Crippen LogP contribution < -0.4 is 0 Å². The summed E-state index contributed by atoms with van der Waals surface area (Å²) in [5, 5.41) is 1.38. The van der Waals surface area contributed by atoms with Crippen LogP contribution in [0.25, 0.3) is 0 Å². The molecular weight excluding hydrogens is 355 g/mol. The predicted octanol–water partition coefficient (Wildman–Crippen LogP) is 6.36. The zero-order valence-corrected chi connectivity index (χ0v) is 14.1. The third-order valence-corrected chi connectivity index (χ3v) is 5.49. The first-order valence-corrected chi connectivity index (χ1v) is 8.53. The molecule has 0 aliphatic heterocycles. The lowest BCUT2D eigenvalue weighted by molar-refractivity contribution is 0.684. The minimum Gasteiger partial charge on any atom is -0.0843 e. The van der Waals surface area contributed by atoms with Crippen LogP contribution >= 0.6 is 39.1 Å². The van der Waals surface area contributed by atoms with Crippen LogP contribution in [0.15, 0.2) is 36.4 Å². The summed E-state index contributed by atoms with van der Waals surface area (Å²) < 4.78 is 0. The van der Waals surface area contributed by atoms with Gasteiger partial charge in [0, 0.05) is 10.0 Å². The van der Waals surface area contributed by atoms with E-state index in [0.29, 0.717) is 10.0 Å². The van der Waals surface area contributed by atoms with Gasteiger partial charge >= 0.3 is 0 Å². The summed E-state index contributed by atoms with van der Waals surface area (Å²) in [6, 6.07) is 12.5. The lowest BCUT2D eigenvalue weighted by atomic mass is 9.89. The minimum absolute atomic E-state index is 0.111. The van der Waals surface area contributed by atoms with E-state index in [1.54, 1.807) is 6.07 Å². The minimum atomic E-state index is 0.111. The molecule has 1 aliphatic carbocycles. The van der Waals surface area contributed by atoms with Gasteiger partial charge in [0.2, 0.25) is 0 Å². The number of aryl methyl sites for hydroxylation is 2. The molecule has 104 valence electrons. The van der Waals surface area contributed by atoms with Crippen LogP contribution in [0.4, 0.5) is 0 Å². The Labute approximate surface area is 138 Å². The maximum Gasteiger partial charge on any atom is 0.0659 e. The van der Waals surface area contributed by atoms with Gasteiger partial charge in [0.1, 0.15) is 0 Å². The van der Waals surface area contributed by atoms with Crippen LogP contribution in [0.3, 0.4) is 0 Å². The van der Waals surface area contributed by atoms with Crippen molar-refractivity contribution in [1.29, 1.82) is 0 Å². The molecule has 0 aromatic heterocycles. The molecule has 0 nitrogen and oxygen atoms in total. The van der Waals surface area contributed by atoms with E-state index in [2.05, 4.69) is 34.1 Å². The van der Waals surface area contributed by atoms with Crippen LogP contribution in [0.5, 0.6) is 0 Å². The molecule has 3 rings (SSSR count). The van der Waals surface area contributed by atoms with Crippen molar-refractivity contribution in [2.75, 3.05) is 0 Å². The molecule has 0 amide bonds. The highest BCUT2D eigenvalue weighted by atomic mass is 79.9. The van der Waals surface area contributed by atoms with Gasteiger partial charge < -0.3 is 0 Å². The maximum atomic E-state index is 6.30. The number of hydrogen-bond acceptors (Lipinski definition) is 0. The third-order valence-electron chi connectivity index (χ3n) is 3.90. The average Bonchev–Trinajstić information content (AvgIpc) is 2.46. The van der Waals surface area contributed by atoms with E-state index in [9.17, 15) is 0 Å². The van der Waals surface area contributed by atoms with Crippen molar-refractivity contribution in [3.63, 3.8) is 0 Å². The number of benzene rings is 2. The topological polar surface area (TPSA) is 0 Å². The highest BCUT2D eigenvalue weighted by molar-refractivity contribution is 9.09. The fourth-order valence-electron chi connectivity index (χ4n) is 2.80. The summed E-state index contributed by atoms with van der Waals surface area (Å²) in [6.07, 6.45) is 5.01. The van der Waals surface area contributed by atoms with Gasteiger partial charge in [-0.25, -0.2) is 0 Å². The van der Waals surface area contributed by atoms with Crippen molar-refractivity contribution in [1.82, 2.24) is 0 Å².